The van der Waals surface area contributed by atoms with Crippen molar-refractivity contribution in [2.75, 3.05) is 0 Å². The Morgan fingerprint density at radius 3 is 2.93 bits per heavy atom. The summed E-state index contributed by atoms with van der Waals surface area (Å²) in [5.74, 6) is 0. The summed E-state index contributed by atoms with van der Waals surface area (Å²) in [5.41, 5.74) is 0. The van der Waals surface area contributed by atoms with Crippen molar-refractivity contribution in [1.82, 2.24) is 5.32 Å². The highest BCUT2D eigenvalue weighted by molar-refractivity contribution is 9.10. The Morgan fingerprint density at radius 1 is 1.71 bits per heavy atom. The first kappa shape index (κ1) is 12.0. The molecule has 0 aliphatic carbocycles. The van der Waals surface area contributed by atoms with Gasteiger partial charge in [0.2, 0.25) is 0 Å². The van der Waals surface area contributed by atoms with Gasteiger partial charge in [0.05, 0.1) is 0 Å². The van der Waals surface area contributed by atoms with Crippen molar-refractivity contribution in [3.05, 3.63) is 32.9 Å². The first-order chi connectivity index (χ1) is 6.63. The Bertz CT molecular complexity index is 287. The highest BCUT2D eigenvalue weighted by atomic mass is 79.9. The van der Waals surface area contributed by atoms with Crippen LogP contribution in [0.15, 0.2) is 23.2 Å². The fourth-order valence-electron chi connectivity index (χ4n) is 1.21. The number of hydrogen-bond donors (Lipinski definition) is 1. The molecule has 1 atom stereocenters. The minimum Gasteiger partial charge on any atom is -0.309 e. The van der Waals surface area contributed by atoms with E-state index in [1.807, 2.05) is 17.4 Å². The largest absolute Gasteiger partial charge is 0.309 e. The van der Waals surface area contributed by atoms with Crippen LogP contribution in [0, 0.1) is 6.92 Å². The molecule has 1 heterocycles. The van der Waals surface area contributed by atoms with E-state index in [0.717, 1.165) is 13.0 Å². The quantitative estimate of drug-likeness (QED) is 0.804. The summed E-state index contributed by atoms with van der Waals surface area (Å²) in [7, 11) is 0. The Balaban J connectivity index is 2.41. The molecule has 0 spiro atoms. The van der Waals surface area contributed by atoms with Gasteiger partial charge in [-0.3, -0.25) is 0 Å². The highest BCUT2D eigenvalue weighted by Gasteiger charge is 2.04. The lowest BCUT2D eigenvalue weighted by molar-refractivity contribution is 0.557. The van der Waals surface area contributed by atoms with Crippen LogP contribution in [0.5, 0.6) is 0 Å². The Kier molecular flexibility index (Phi) is 4.85. The number of halogens is 1. The van der Waals surface area contributed by atoms with Crippen LogP contribution in [0.4, 0.5) is 0 Å². The molecule has 0 aliphatic rings. The third-order valence-electron chi connectivity index (χ3n) is 2.05. The average Bonchev–Trinajstić information content (AvgIpc) is 2.44. The van der Waals surface area contributed by atoms with E-state index >= 15 is 0 Å². The van der Waals surface area contributed by atoms with Crippen LogP contribution in [-0.2, 0) is 6.54 Å². The molecule has 1 aromatic rings. The van der Waals surface area contributed by atoms with Crippen molar-refractivity contribution in [3.8, 4) is 0 Å². The number of rotatable bonds is 5. The van der Waals surface area contributed by atoms with E-state index in [1.54, 1.807) is 0 Å². The number of aryl methyl sites for hydroxylation is 1. The monoisotopic (exact) mass is 273 g/mol. The summed E-state index contributed by atoms with van der Waals surface area (Å²) in [6.45, 7) is 8.99. The molecule has 0 saturated heterocycles. The van der Waals surface area contributed by atoms with Crippen LogP contribution in [0.2, 0.25) is 0 Å². The highest BCUT2D eigenvalue weighted by Crippen LogP contribution is 2.26. The fourth-order valence-corrected chi connectivity index (χ4v) is 2.77. The molecule has 0 amide bonds. The standard InChI is InChI=1S/C11H16BrNS/c1-4-5-8(2)13-7-10-6-11(12)9(3)14-10/h4,6,8,13H,1,5,7H2,2-3H3. The normalized spacial score (nSPS) is 12.8. The number of hydrogen-bond acceptors (Lipinski definition) is 2. The molecule has 78 valence electrons. The number of nitrogens with one attached hydrogen (secondary N) is 1. The van der Waals surface area contributed by atoms with E-state index in [-0.39, 0.29) is 0 Å². The zero-order valence-electron chi connectivity index (χ0n) is 8.64. The van der Waals surface area contributed by atoms with Crippen LogP contribution in [-0.4, -0.2) is 6.04 Å². The zero-order chi connectivity index (χ0) is 10.6. The molecule has 1 aromatic heterocycles. The molecule has 1 N–H and O–H groups in total. The van der Waals surface area contributed by atoms with Gasteiger partial charge in [0.25, 0.3) is 0 Å². The molecule has 14 heavy (non-hydrogen) atoms. The molecule has 0 bridgehead atoms. The third kappa shape index (κ3) is 3.56. The maximum atomic E-state index is 3.73. The first-order valence-electron chi connectivity index (χ1n) is 4.72. The molecule has 0 fully saturated rings. The molecular formula is C11H16BrNS. The van der Waals surface area contributed by atoms with E-state index in [9.17, 15) is 0 Å². The van der Waals surface area contributed by atoms with Gasteiger partial charge < -0.3 is 5.32 Å². The maximum Gasteiger partial charge on any atom is 0.0314 e. The second-order valence-corrected chi connectivity index (χ2v) is 5.62. The average molecular weight is 274 g/mol. The summed E-state index contributed by atoms with van der Waals surface area (Å²) >= 11 is 5.36. The van der Waals surface area contributed by atoms with Crippen molar-refractivity contribution in [1.29, 1.82) is 0 Å². The molecule has 1 nitrogen and oxygen atoms in total. The van der Waals surface area contributed by atoms with Gasteiger partial charge >= 0.3 is 0 Å². The second-order valence-electron chi connectivity index (χ2n) is 3.42. The summed E-state index contributed by atoms with van der Waals surface area (Å²) in [5, 5.41) is 3.46. The van der Waals surface area contributed by atoms with Crippen LogP contribution < -0.4 is 5.32 Å². The SMILES string of the molecule is C=CCC(C)NCc1cc(Br)c(C)s1. The fraction of sp³-hybridized carbons (Fsp3) is 0.455. The first-order valence-corrected chi connectivity index (χ1v) is 6.33. The lowest BCUT2D eigenvalue weighted by Crippen LogP contribution is -2.24. The van der Waals surface area contributed by atoms with E-state index in [4.69, 9.17) is 0 Å². The Hall–Kier alpha value is -0.120. The van der Waals surface area contributed by atoms with E-state index in [1.165, 1.54) is 14.2 Å². The minimum absolute atomic E-state index is 0.508. The van der Waals surface area contributed by atoms with E-state index < -0.39 is 0 Å². The van der Waals surface area contributed by atoms with Crippen LogP contribution in [0.3, 0.4) is 0 Å². The van der Waals surface area contributed by atoms with Crippen molar-refractivity contribution in [3.63, 3.8) is 0 Å². The molecule has 0 radical (unpaired) electrons. The van der Waals surface area contributed by atoms with E-state index in [2.05, 4.69) is 47.7 Å². The molecular weight excluding hydrogens is 258 g/mol. The lowest BCUT2D eigenvalue weighted by atomic mass is 10.2. The summed E-state index contributed by atoms with van der Waals surface area (Å²) in [6, 6.07) is 2.70. The summed E-state index contributed by atoms with van der Waals surface area (Å²) < 4.78 is 1.22. The van der Waals surface area contributed by atoms with Crippen LogP contribution >= 0.6 is 27.3 Å². The van der Waals surface area contributed by atoms with Gasteiger partial charge in [-0.15, -0.1) is 17.9 Å². The Labute approximate surface area is 98.4 Å². The molecule has 0 saturated carbocycles. The topological polar surface area (TPSA) is 12.0 Å². The van der Waals surface area contributed by atoms with Crippen molar-refractivity contribution in [2.45, 2.75) is 32.9 Å². The van der Waals surface area contributed by atoms with Crippen molar-refractivity contribution < 1.29 is 0 Å². The van der Waals surface area contributed by atoms with Gasteiger partial charge in [0.15, 0.2) is 0 Å². The maximum absolute atomic E-state index is 3.73. The molecule has 1 rings (SSSR count). The molecule has 1 unspecified atom stereocenters. The predicted octanol–water partition coefficient (Wildman–Crippen LogP) is 3.87. The van der Waals surface area contributed by atoms with Gasteiger partial charge in [-0.2, -0.15) is 0 Å². The Morgan fingerprint density at radius 2 is 2.43 bits per heavy atom. The molecule has 3 heteroatoms. The van der Waals surface area contributed by atoms with Gasteiger partial charge in [-0.05, 0) is 42.3 Å². The van der Waals surface area contributed by atoms with Crippen molar-refractivity contribution >= 4 is 27.3 Å². The second kappa shape index (κ2) is 5.69. The van der Waals surface area contributed by atoms with E-state index in [0.29, 0.717) is 6.04 Å². The lowest BCUT2D eigenvalue weighted by Gasteiger charge is -2.09. The minimum atomic E-state index is 0.508. The van der Waals surface area contributed by atoms with Crippen LogP contribution in [0.1, 0.15) is 23.1 Å². The van der Waals surface area contributed by atoms with Crippen LogP contribution in [0.25, 0.3) is 0 Å². The number of thiophene rings is 1. The predicted molar refractivity (Wildman–Crippen MR) is 67.9 cm³/mol. The van der Waals surface area contributed by atoms with Gasteiger partial charge in [-0.1, -0.05) is 6.08 Å². The van der Waals surface area contributed by atoms with Gasteiger partial charge in [0, 0.05) is 26.8 Å². The van der Waals surface area contributed by atoms with Gasteiger partial charge in [-0.25, -0.2) is 0 Å². The summed E-state index contributed by atoms with van der Waals surface area (Å²) in [4.78, 5) is 2.73. The molecule has 0 aromatic carbocycles. The third-order valence-corrected chi connectivity index (χ3v) is 4.19. The summed E-state index contributed by atoms with van der Waals surface area (Å²) in [6.07, 6.45) is 2.97. The smallest absolute Gasteiger partial charge is 0.0314 e. The van der Waals surface area contributed by atoms with Gasteiger partial charge in [0.1, 0.15) is 0 Å². The molecule has 0 aliphatic heterocycles. The van der Waals surface area contributed by atoms with Crippen molar-refractivity contribution in [2.24, 2.45) is 0 Å². The zero-order valence-corrected chi connectivity index (χ0v) is 11.0.